The highest BCUT2D eigenvalue weighted by Gasteiger charge is 2.37. The third-order valence-corrected chi connectivity index (χ3v) is 4.12. The zero-order valence-electron chi connectivity index (χ0n) is 13.9. The van der Waals surface area contributed by atoms with E-state index in [2.05, 4.69) is 4.98 Å². The average Bonchev–Trinajstić information content (AvgIpc) is 2.55. The van der Waals surface area contributed by atoms with Crippen LogP contribution >= 0.6 is 0 Å². The second kappa shape index (κ2) is 8.35. The molecule has 7 nitrogen and oxygen atoms in total. The van der Waals surface area contributed by atoms with Crippen LogP contribution in [0.2, 0.25) is 0 Å². The first-order valence-electron chi connectivity index (χ1n) is 7.64. The van der Waals surface area contributed by atoms with Crippen LogP contribution < -0.4 is 0 Å². The number of pyridine rings is 1. The van der Waals surface area contributed by atoms with Crippen LogP contribution in [0.3, 0.4) is 0 Å². The molecule has 1 saturated heterocycles. The largest absolute Gasteiger partial charge is 0.388 e. The minimum absolute atomic E-state index is 0.0687. The topological polar surface area (TPSA) is 75.1 Å². The molecule has 0 bridgehead atoms. The van der Waals surface area contributed by atoms with E-state index in [1.54, 1.807) is 24.3 Å². The number of likely N-dealkylation sites (N-methyl/N-ethyl adjacent to an activating group) is 2. The molecule has 1 aliphatic heterocycles. The first-order chi connectivity index (χ1) is 11.0. The van der Waals surface area contributed by atoms with Crippen molar-refractivity contribution >= 4 is 5.91 Å². The number of carbonyl (C=O) groups excluding carboxylic acids is 1. The number of hydrogen-bond acceptors (Lipinski definition) is 6. The van der Waals surface area contributed by atoms with Crippen LogP contribution in [-0.4, -0.2) is 85.0 Å². The lowest BCUT2D eigenvalue weighted by Gasteiger charge is -2.39. The highest BCUT2D eigenvalue weighted by Crippen LogP contribution is 2.16. The van der Waals surface area contributed by atoms with E-state index in [4.69, 9.17) is 9.47 Å². The van der Waals surface area contributed by atoms with Crippen molar-refractivity contribution in [1.82, 2.24) is 14.8 Å². The number of methoxy groups -OCH3 is 1. The summed E-state index contributed by atoms with van der Waals surface area (Å²) in [7, 11) is 5.10. The van der Waals surface area contributed by atoms with E-state index in [9.17, 15) is 9.90 Å². The standard InChI is InChI=1S/C16H25N3O4/c1-18(8-12-5-4-6-17-7-12)9-15(20)19(2)13-10-23-11-14(22-3)16(13)21/h4-7,13-14,16,21H,8-11H2,1-3H3/t13-,14-,16+/m1/s1. The quantitative estimate of drug-likeness (QED) is 0.778. The van der Waals surface area contributed by atoms with Crippen LogP contribution in [0.25, 0.3) is 0 Å². The molecule has 0 spiro atoms. The van der Waals surface area contributed by atoms with Crippen molar-refractivity contribution in [3.05, 3.63) is 30.1 Å². The molecule has 1 amide bonds. The van der Waals surface area contributed by atoms with Crippen molar-refractivity contribution < 1.29 is 19.4 Å². The molecule has 2 rings (SSSR count). The highest BCUT2D eigenvalue weighted by molar-refractivity contribution is 5.78. The van der Waals surface area contributed by atoms with Crippen LogP contribution in [0.4, 0.5) is 0 Å². The molecule has 1 N–H and O–H groups in total. The minimum atomic E-state index is -0.744. The van der Waals surface area contributed by atoms with Crippen molar-refractivity contribution in [1.29, 1.82) is 0 Å². The number of hydrogen-bond donors (Lipinski definition) is 1. The SMILES string of the molecule is CO[C@@H]1COC[C@@H](N(C)C(=O)CN(C)Cc2cccnc2)[C@@H]1O. The smallest absolute Gasteiger partial charge is 0.236 e. The van der Waals surface area contributed by atoms with Crippen molar-refractivity contribution in [3.8, 4) is 0 Å². The first kappa shape index (κ1) is 17.8. The van der Waals surface area contributed by atoms with Crippen LogP contribution in [0.5, 0.6) is 0 Å². The Kier molecular flexibility index (Phi) is 6.47. The average molecular weight is 323 g/mol. The molecule has 3 atom stereocenters. The van der Waals surface area contributed by atoms with Crippen LogP contribution in [0, 0.1) is 0 Å². The summed E-state index contributed by atoms with van der Waals surface area (Å²) in [5.74, 6) is -0.0687. The molecule has 1 aromatic rings. The maximum absolute atomic E-state index is 12.4. The Morgan fingerprint density at radius 1 is 1.48 bits per heavy atom. The van der Waals surface area contributed by atoms with Gasteiger partial charge in [-0.25, -0.2) is 0 Å². The van der Waals surface area contributed by atoms with Crippen LogP contribution in [-0.2, 0) is 20.8 Å². The molecule has 0 aromatic carbocycles. The van der Waals surface area contributed by atoms with Gasteiger partial charge in [0.1, 0.15) is 12.2 Å². The molecule has 2 heterocycles. The summed E-state index contributed by atoms with van der Waals surface area (Å²) in [6.07, 6.45) is 2.36. The van der Waals surface area contributed by atoms with E-state index in [-0.39, 0.29) is 12.5 Å². The maximum atomic E-state index is 12.4. The third-order valence-electron chi connectivity index (χ3n) is 4.12. The molecular weight excluding hydrogens is 298 g/mol. The fraction of sp³-hybridized carbons (Fsp3) is 0.625. The Labute approximate surface area is 136 Å². The van der Waals surface area contributed by atoms with Gasteiger partial charge in [-0.2, -0.15) is 0 Å². The summed E-state index contributed by atoms with van der Waals surface area (Å²) >= 11 is 0. The number of ether oxygens (including phenoxy) is 2. The fourth-order valence-corrected chi connectivity index (χ4v) is 2.68. The Morgan fingerprint density at radius 2 is 2.26 bits per heavy atom. The lowest BCUT2D eigenvalue weighted by molar-refractivity contribution is -0.158. The maximum Gasteiger partial charge on any atom is 0.236 e. The lowest BCUT2D eigenvalue weighted by Crippen LogP contribution is -2.57. The molecule has 1 aliphatic rings. The number of nitrogens with zero attached hydrogens (tertiary/aromatic N) is 3. The van der Waals surface area contributed by atoms with Crippen molar-refractivity contribution in [3.63, 3.8) is 0 Å². The zero-order chi connectivity index (χ0) is 16.8. The molecule has 7 heteroatoms. The molecule has 0 saturated carbocycles. The fourth-order valence-electron chi connectivity index (χ4n) is 2.68. The first-order valence-corrected chi connectivity index (χ1v) is 7.64. The Hall–Kier alpha value is -1.54. The number of carbonyl (C=O) groups is 1. The highest BCUT2D eigenvalue weighted by atomic mass is 16.5. The molecule has 0 radical (unpaired) electrons. The van der Waals surface area contributed by atoms with Gasteiger partial charge in [0.25, 0.3) is 0 Å². The monoisotopic (exact) mass is 323 g/mol. The van der Waals surface area contributed by atoms with Crippen molar-refractivity contribution in [2.75, 3.05) is 41.0 Å². The molecule has 0 aliphatic carbocycles. The van der Waals surface area contributed by atoms with Crippen molar-refractivity contribution in [2.45, 2.75) is 24.8 Å². The molecular formula is C16H25N3O4. The summed E-state index contributed by atoms with van der Waals surface area (Å²) in [4.78, 5) is 20.0. The summed E-state index contributed by atoms with van der Waals surface area (Å²) in [5, 5.41) is 10.3. The van der Waals surface area contributed by atoms with Gasteiger partial charge in [0, 0.05) is 33.1 Å². The number of amides is 1. The van der Waals surface area contributed by atoms with Gasteiger partial charge in [-0.05, 0) is 18.7 Å². The number of aliphatic hydroxyl groups excluding tert-OH is 1. The van der Waals surface area contributed by atoms with Gasteiger partial charge in [-0.1, -0.05) is 6.07 Å². The van der Waals surface area contributed by atoms with Gasteiger partial charge >= 0.3 is 0 Å². The second-order valence-electron chi connectivity index (χ2n) is 5.91. The summed E-state index contributed by atoms with van der Waals surface area (Å²) < 4.78 is 10.6. The van der Waals surface area contributed by atoms with Crippen molar-refractivity contribution in [2.24, 2.45) is 0 Å². The van der Waals surface area contributed by atoms with Gasteiger partial charge < -0.3 is 19.5 Å². The summed E-state index contributed by atoms with van der Waals surface area (Å²) in [5.41, 5.74) is 1.05. The summed E-state index contributed by atoms with van der Waals surface area (Å²) in [6, 6.07) is 3.45. The van der Waals surface area contributed by atoms with E-state index in [1.165, 1.54) is 7.11 Å². The summed E-state index contributed by atoms with van der Waals surface area (Å²) in [6.45, 7) is 1.55. The number of rotatable bonds is 6. The number of aromatic nitrogens is 1. The molecule has 0 unspecified atom stereocenters. The van der Waals surface area contributed by atoms with Gasteiger partial charge in [0.15, 0.2) is 0 Å². The minimum Gasteiger partial charge on any atom is -0.388 e. The van der Waals surface area contributed by atoms with Gasteiger partial charge in [0.05, 0.1) is 25.8 Å². The third kappa shape index (κ3) is 4.71. The Bertz CT molecular complexity index is 499. The Balaban J connectivity index is 1.89. The van der Waals surface area contributed by atoms with Gasteiger partial charge in [-0.15, -0.1) is 0 Å². The zero-order valence-corrected chi connectivity index (χ0v) is 13.9. The van der Waals surface area contributed by atoms with Gasteiger partial charge in [0.2, 0.25) is 5.91 Å². The van der Waals surface area contributed by atoms with E-state index < -0.39 is 18.2 Å². The molecule has 1 fully saturated rings. The normalized spacial score (nSPS) is 24.7. The predicted octanol–water partition coefficient (Wildman–Crippen LogP) is -0.253. The van der Waals surface area contributed by atoms with Crippen LogP contribution in [0.15, 0.2) is 24.5 Å². The van der Waals surface area contributed by atoms with Crippen LogP contribution in [0.1, 0.15) is 5.56 Å². The second-order valence-corrected chi connectivity index (χ2v) is 5.91. The predicted molar refractivity (Wildman–Crippen MR) is 84.8 cm³/mol. The lowest BCUT2D eigenvalue weighted by atomic mass is 10.0. The molecule has 1 aromatic heterocycles. The van der Waals surface area contributed by atoms with E-state index in [1.807, 2.05) is 24.1 Å². The Morgan fingerprint density at radius 3 is 2.91 bits per heavy atom. The van der Waals surface area contributed by atoms with E-state index >= 15 is 0 Å². The molecule has 128 valence electrons. The van der Waals surface area contributed by atoms with E-state index in [0.29, 0.717) is 19.8 Å². The van der Waals surface area contributed by atoms with E-state index in [0.717, 1.165) is 5.56 Å². The molecule has 23 heavy (non-hydrogen) atoms. The number of aliphatic hydroxyl groups is 1. The van der Waals surface area contributed by atoms with Gasteiger partial charge in [-0.3, -0.25) is 14.7 Å².